The molecule has 1 aromatic heterocycles. The van der Waals surface area contributed by atoms with Crippen molar-refractivity contribution >= 4 is 49.1 Å². The normalized spacial score (nSPS) is 17.8. The molecule has 2 heterocycles. The number of hydrogen-bond donors (Lipinski definition) is 0. The molecule has 3 aromatic rings. The fourth-order valence-electron chi connectivity index (χ4n) is 3.22. The predicted octanol–water partition coefficient (Wildman–Crippen LogP) is 3.85. The number of aromatic nitrogens is 1. The van der Waals surface area contributed by atoms with Gasteiger partial charge in [0, 0.05) is 11.6 Å². The summed E-state index contributed by atoms with van der Waals surface area (Å²) in [6.45, 7) is 0.315. The van der Waals surface area contributed by atoms with Crippen LogP contribution in [0.25, 0.3) is 10.2 Å². The molecule has 1 unspecified atom stereocenters. The summed E-state index contributed by atoms with van der Waals surface area (Å²) in [7, 11) is -3.79. The van der Waals surface area contributed by atoms with E-state index >= 15 is 0 Å². The van der Waals surface area contributed by atoms with E-state index in [-0.39, 0.29) is 18.0 Å². The van der Waals surface area contributed by atoms with Crippen LogP contribution in [0.4, 0.5) is 0 Å². The Morgan fingerprint density at radius 2 is 1.96 bits per heavy atom. The Morgan fingerprint density at radius 1 is 1.21 bits per heavy atom. The number of sulfonamides is 1. The topological polar surface area (TPSA) is 76.6 Å². The van der Waals surface area contributed by atoms with Crippen molar-refractivity contribution < 1.29 is 17.9 Å². The zero-order valence-electron chi connectivity index (χ0n) is 14.7. The first-order valence-electron chi connectivity index (χ1n) is 8.74. The van der Waals surface area contributed by atoms with Gasteiger partial charge in [-0.2, -0.15) is 4.31 Å². The van der Waals surface area contributed by atoms with E-state index in [9.17, 15) is 13.2 Å². The molecule has 1 atom stereocenters. The Bertz CT molecular complexity index is 1080. The molecule has 1 aliphatic heterocycles. The summed E-state index contributed by atoms with van der Waals surface area (Å²) in [6, 6.07) is 12.8. The van der Waals surface area contributed by atoms with Crippen LogP contribution >= 0.6 is 22.9 Å². The van der Waals surface area contributed by atoms with Crippen LogP contribution in [0.2, 0.25) is 5.02 Å². The molecule has 0 bridgehead atoms. The molecular weight excluding hydrogens is 420 g/mol. The number of halogens is 1. The highest BCUT2D eigenvalue weighted by molar-refractivity contribution is 7.89. The highest BCUT2D eigenvalue weighted by Gasteiger charge is 2.40. The van der Waals surface area contributed by atoms with E-state index in [0.717, 1.165) is 10.2 Å². The average Bonchev–Trinajstić information content (AvgIpc) is 3.33. The van der Waals surface area contributed by atoms with Crippen molar-refractivity contribution in [2.45, 2.75) is 30.4 Å². The molecule has 0 radical (unpaired) electrons. The second-order valence-corrected chi connectivity index (χ2v) is 9.85. The number of para-hydroxylation sites is 1. The standard InChI is InChI=1S/C19H17ClN2O4S2/c20-13-7-9-14(10-8-13)28(24,25)22-11-3-5-16(22)19(23)26-12-18-21-15-4-1-2-6-17(15)27-18/h1-2,4,6-10,16H,3,5,11-12H2. The van der Waals surface area contributed by atoms with E-state index < -0.39 is 22.0 Å². The van der Waals surface area contributed by atoms with Gasteiger partial charge in [-0.25, -0.2) is 13.4 Å². The zero-order valence-corrected chi connectivity index (χ0v) is 17.1. The summed E-state index contributed by atoms with van der Waals surface area (Å²) < 4.78 is 33.5. The number of hydrogen-bond acceptors (Lipinski definition) is 6. The van der Waals surface area contributed by atoms with E-state index in [1.54, 1.807) is 0 Å². The minimum Gasteiger partial charge on any atom is -0.457 e. The highest BCUT2D eigenvalue weighted by atomic mass is 35.5. The third-order valence-corrected chi connectivity index (χ3v) is 7.76. The van der Waals surface area contributed by atoms with Gasteiger partial charge < -0.3 is 4.74 Å². The number of carbonyl (C=O) groups excluding carboxylic acids is 1. The fraction of sp³-hybridized carbons (Fsp3) is 0.263. The number of esters is 1. The van der Waals surface area contributed by atoms with E-state index in [1.165, 1.54) is 39.9 Å². The van der Waals surface area contributed by atoms with Crippen LogP contribution in [0.3, 0.4) is 0 Å². The fourth-order valence-corrected chi connectivity index (χ4v) is 5.87. The molecular formula is C19H17ClN2O4S2. The molecule has 9 heteroatoms. The van der Waals surface area contributed by atoms with E-state index in [1.807, 2.05) is 24.3 Å². The molecule has 2 aromatic carbocycles. The Kier molecular flexibility index (Phi) is 5.37. The first kappa shape index (κ1) is 19.3. The molecule has 146 valence electrons. The number of nitrogens with zero attached hydrogens (tertiary/aromatic N) is 2. The van der Waals surface area contributed by atoms with Crippen LogP contribution in [0, 0.1) is 0 Å². The summed E-state index contributed by atoms with van der Waals surface area (Å²) in [5, 5.41) is 1.13. The van der Waals surface area contributed by atoms with Crippen molar-refractivity contribution in [1.82, 2.24) is 9.29 Å². The lowest BCUT2D eigenvalue weighted by Gasteiger charge is -2.22. The third-order valence-electron chi connectivity index (χ3n) is 4.57. The van der Waals surface area contributed by atoms with Crippen LogP contribution in [-0.2, 0) is 26.2 Å². The van der Waals surface area contributed by atoms with Gasteiger partial charge in [0.05, 0.1) is 15.1 Å². The van der Waals surface area contributed by atoms with Gasteiger partial charge in [-0.3, -0.25) is 4.79 Å². The van der Waals surface area contributed by atoms with Gasteiger partial charge in [0.15, 0.2) is 0 Å². The smallest absolute Gasteiger partial charge is 0.324 e. The minimum atomic E-state index is -3.79. The lowest BCUT2D eigenvalue weighted by atomic mass is 10.2. The van der Waals surface area contributed by atoms with Crippen molar-refractivity contribution in [3.05, 3.63) is 58.6 Å². The maximum absolute atomic E-state index is 12.9. The number of fused-ring (bicyclic) bond motifs is 1. The molecule has 6 nitrogen and oxygen atoms in total. The maximum Gasteiger partial charge on any atom is 0.324 e. The summed E-state index contributed by atoms with van der Waals surface area (Å²) in [4.78, 5) is 17.1. The van der Waals surface area contributed by atoms with Crippen molar-refractivity contribution in [2.75, 3.05) is 6.54 Å². The number of benzene rings is 2. The van der Waals surface area contributed by atoms with Crippen LogP contribution in [0.1, 0.15) is 17.8 Å². The van der Waals surface area contributed by atoms with E-state index in [4.69, 9.17) is 16.3 Å². The van der Waals surface area contributed by atoms with Gasteiger partial charge in [0.25, 0.3) is 0 Å². The lowest BCUT2D eigenvalue weighted by Crippen LogP contribution is -2.41. The van der Waals surface area contributed by atoms with Crippen LogP contribution in [0.5, 0.6) is 0 Å². The summed E-state index contributed by atoms with van der Waals surface area (Å²) >= 11 is 7.30. The van der Waals surface area contributed by atoms with Gasteiger partial charge >= 0.3 is 5.97 Å². The number of rotatable bonds is 5. The first-order chi connectivity index (χ1) is 13.4. The van der Waals surface area contributed by atoms with Crippen molar-refractivity contribution in [3.63, 3.8) is 0 Å². The quantitative estimate of drug-likeness (QED) is 0.568. The van der Waals surface area contributed by atoms with Crippen LogP contribution in [0.15, 0.2) is 53.4 Å². The highest BCUT2D eigenvalue weighted by Crippen LogP contribution is 2.28. The molecule has 0 amide bonds. The summed E-state index contributed by atoms with van der Waals surface area (Å²) in [6.07, 6.45) is 1.04. The Morgan fingerprint density at radius 3 is 2.71 bits per heavy atom. The molecule has 1 fully saturated rings. The maximum atomic E-state index is 12.9. The van der Waals surface area contributed by atoms with Gasteiger partial charge in [0.2, 0.25) is 10.0 Å². The number of carbonyl (C=O) groups is 1. The monoisotopic (exact) mass is 436 g/mol. The van der Waals surface area contributed by atoms with Gasteiger partial charge in [0.1, 0.15) is 17.7 Å². The SMILES string of the molecule is O=C(OCc1nc2ccccc2s1)C1CCCN1S(=O)(=O)c1ccc(Cl)cc1. The Labute approximate surface area is 171 Å². The van der Waals surface area contributed by atoms with Crippen LogP contribution < -0.4 is 0 Å². The third kappa shape index (κ3) is 3.77. The zero-order chi connectivity index (χ0) is 19.7. The van der Waals surface area contributed by atoms with Gasteiger partial charge in [-0.1, -0.05) is 23.7 Å². The molecule has 0 saturated carbocycles. The van der Waals surface area contributed by atoms with Gasteiger partial charge in [-0.15, -0.1) is 11.3 Å². The molecule has 1 saturated heterocycles. The molecule has 0 spiro atoms. The van der Waals surface area contributed by atoms with Crippen molar-refractivity contribution in [3.8, 4) is 0 Å². The van der Waals surface area contributed by atoms with Crippen molar-refractivity contribution in [2.24, 2.45) is 0 Å². The van der Waals surface area contributed by atoms with E-state index in [2.05, 4.69) is 4.98 Å². The molecule has 0 aliphatic carbocycles. The second-order valence-electron chi connectivity index (χ2n) is 6.41. The molecule has 28 heavy (non-hydrogen) atoms. The van der Waals surface area contributed by atoms with Gasteiger partial charge in [-0.05, 0) is 49.2 Å². The summed E-state index contributed by atoms with van der Waals surface area (Å²) in [5.74, 6) is -0.547. The van der Waals surface area contributed by atoms with Crippen molar-refractivity contribution in [1.29, 1.82) is 0 Å². The first-order valence-corrected chi connectivity index (χ1v) is 11.4. The number of ether oxygens (including phenoxy) is 1. The number of thiazole rings is 1. The average molecular weight is 437 g/mol. The summed E-state index contributed by atoms with van der Waals surface area (Å²) in [5.41, 5.74) is 0.853. The predicted molar refractivity (Wildman–Crippen MR) is 108 cm³/mol. The van der Waals surface area contributed by atoms with Crippen LogP contribution in [-0.4, -0.2) is 36.3 Å². The van der Waals surface area contributed by atoms with E-state index in [0.29, 0.717) is 22.9 Å². The minimum absolute atomic E-state index is 0.0313. The largest absolute Gasteiger partial charge is 0.457 e. The Hall–Kier alpha value is -2.00. The molecule has 1 aliphatic rings. The molecule has 4 rings (SSSR count). The second kappa shape index (κ2) is 7.79. The molecule has 0 N–H and O–H groups in total. The lowest BCUT2D eigenvalue weighted by molar-refractivity contribution is -0.148. The Balaban J connectivity index is 1.47.